The van der Waals surface area contributed by atoms with Crippen molar-refractivity contribution < 1.29 is 4.74 Å². The number of ether oxygens (including phenoxy) is 1. The van der Waals surface area contributed by atoms with Gasteiger partial charge in [0.15, 0.2) is 0 Å². The van der Waals surface area contributed by atoms with Gasteiger partial charge in [-0.15, -0.1) is 0 Å². The molecule has 1 rings (SSSR count). The quantitative estimate of drug-likeness (QED) is 0.781. The largest absolute Gasteiger partial charge is 0.383 e. The minimum absolute atomic E-state index is 0.632. The zero-order valence-corrected chi connectivity index (χ0v) is 12.4. The van der Waals surface area contributed by atoms with E-state index in [4.69, 9.17) is 16.3 Å². The summed E-state index contributed by atoms with van der Waals surface area (Å²) >= 11 is 9.30. The summed E-state index contributed by atoms with van der Waals surface area (Å²) in [6, 6.07) is 1.85. The molecule has 1 aromatic heterocycles. The number of pyridine rings is 1. The predicted octanol–water partition coefficient (Wildman–Crippen LogP) is 2.17. The third kappa shape index (κ3) is 5.21. The molecule has 0 aliphatic carbocycles. The first kappa shape index (κ1) is 14.7. The van der Waals surface area contributed by atoms with Crippen molar-refractivity contribution in [1.29, 1.82) is 0 Å². The molecule has 0 atom stereocenters. The van der Waals surface area contributed by atoms with Crippen LogP contribution in [0.5, 0.6) is 0 Å². The normalized spacial score (nSPS) is 10.6. The first-order valence-electron chi connectivity index (χ1n) is 5.37. The number of nitrogens with one attached hydrogen (secondary N) is 1. The highest BCUT2D eigenvalue weighted by atomic mass is 79.9. The van der Waals surface area contributed by atoms with Gasteiger partial charge in [0.25, 0.3) is 0 Å². The van der Waals surface area contributed by atoms with Crippen LogP contribution >= 0.6 is 27.5 Å². The minimum Gasteiger partial charge on any atom is -0.383 e. The van der Waals surface area contributed by atoms with E-state index >= 15 is 0 Å². The number of hydrogen-bond acceptors (Lipinski definition) is 4. The lowest BCUT2D eigenvalue weighted by Crippen LogP contribution is -2.31. The molecule has 0 fully saturated rings. The molecule has 0 saturated carbocycles. The van der Waals surface area contributed by atoms with Gasteiger partial charge in [-0.1, -0.05) is 11.6 Å². The maximum absolute atomic E-state index is 5.85. The average molecular weight is 323 g/mol. The van der Waals surface area contributed by atoms with E-state index < -0.39 is 0 Å². The molecule has 0 aliphatic heterocycles. The Balaban J connectivity index is 2.38. The lowest BCUT2D eigenvalue weighted by Gasteiger charge is -2.19. The maximum Gasteiger partial charge on any atom is 0.142 e. The summed E-state index contributed by atoms with van der Waals surface area (Å²) in [6.45, 7) is 3.35. The number of methoxy groups -OCH3 is 1. The highest BCUT2D eigenvalue weighted by molar-refractivity contribution is 9.10. The van der Waals surface area contributed by atoms with Gasteiger partial charge in [0, 0.05) is 40.0 Å². The Hall–Kier alpha value is -0.360. The van der Waals surface area contributed by atoms with Gasteiger partial charge in [0.1, 0.15) is 5.82 Å². The van der Waals surface area contributed by atoms with Crippen LogP contribution in [0.2, 0.25) is 5.02 Å². The van der Waals surface area contributed by atoms with Gasteiger partial charge in [-0.3, -0.25) is 0 Å². The molecule has 96 valence electrons. The molecule has 0 amide bonds. The number of hydrogen-bond donors (Lipinski definition) is 1. The van der Waals surface area contributed by atoms with Crippen LogP contribution in [-0.4, -0.2) is 45.4 Å². The Morgan fingerprint density at radius 1 is 1.53 bits per heavy atom. The van der Waals surface area contributed by atoms with Gasteiger partial charge in [-0.25, -0.2) is 4.98 Å². The molecule has 0 aliphatic rings. The number of halogens is 2. The van der Waals surface area contributed by atoms with Crippen molar-refractivity contribution in [2.75, 3.05) is 45.3 Å². The van der Waals surface area contributed by atoms with Crippen molar-refractivity contribution >= 4 is 33.3 Å². The zero-order chi connectivity index (χ0) is 12.7. The summed E-state index contributed by atoms with van der Waals surface area (Å²) in [5.74, 6) is 0.892. The summed E-state index contributed by atoms with van der Waals surface area (Å²) in [7, 11) is 3.70. The molecule has 0 unspecified atom stereocenters. The van der Waals surface area contributed by atoms with E-state index in [1.54, 1.807) is 13.3 Å². The zero-order valence-electron chi connectivity index (χ0n) is 10.0. The van der Waals surface area contributed by atoms with Gasteiger partial charge in [0.2, 0.25) is 0 Å². The highest BCUT2D eigenvalue weighted by Gasteiger charge is 2.07. The third-order valence-electron chi connectivity index (χ3n) is 2.26. The fraction of sp³-hybridized carbons (Fsp3) is 0.545. The van der Waals surface area contributed by atoms with Crippen LogP contribution in [0.1, 0.15) is 0 Å². The van der Waals surface area contributed by atoms with Crippen LogP contribution in [0.25, 0.3) is 0 Å². The molecule has 0 aromatic carbocycles. The average Bonchev–Trinajstić information content (AvgIpc) is 2.28. The minimum atomic E-state index is 0.632. The molecule has 17 heavy (non-hydrogen) atoms. The lowest BCUT2D eigenvalue weighted by molar-refractivity contribution is 0.200. The number of nitrogens with zero attached hydrogens (tertiary/aromatic N) is 2. The molecule has 6 heteroatoms. The van der Waals surface area contributed by atoms with Gasteiger partial charge in [-0.2, -0.15) is 0 Å². The van der Waals surface area contributed by atoms with E-state index in [0.29, 0.717) is 5.02 Å². The monoisotopic (exact) mass is 321 g/mol. The van der Waals surface area contributed by atoms with Crippen LogP contribution in [0.4, 0.5) is 5.82 Å². The Labute approximate surface area is 115 Å². The van der Waals surface area contributed by atoms with Crippen molar-refractivity contribution in [2.24, 2.45) is 0 Å². The maximum atomic E-state index is 5.85. The van der Waals surface area contributed by atoms with E-state index in [9.17, 15) is 0 Å². The Kier molecular flexibility index (Phi) is 6.80. The molecule has 1 heterocycles. The van der Waals surface area contributed by atoms with Crippen molar-refractivity contribution in [1.82, 2.24) is 10.3 Å². The Morgan fingerprint density at radius 3 is 2.94 bits per heavy atom. The number of likely N-dealkylation sites (N-methyl/N-ethyl adjacent to an activating group) is 1. The topological polar surface area (TPSA) is 37.4 Å². The molecule has 1 aromatic rings. The summed E-state index contributed by atoms with van der Waals surface area (Å²) in [5.41, 5.74) is 0. The smallest absolute Gasteiger partial charge is 0.142 e. The predicted molar refractivity (Wildman–Crippen MR) is 75.0 cm³/mol. The van der Waals surface area contributed by atoms with Crippen LogP contribution in [0.3, 0.4) is 0 Å². The van der Waals surface area contributed by atoms with Gasteiger partial charge >= 0.3 is 0 Å². The Morgan fingerprint density at radius 2 is 2.29 bits per heavy atom. The van der Waals surface area contributed by atoms with Crippen LogP contribution in [0, 0.1) is 0 Å². The summed E-state index contributed by atoms with van der Waals surface area (Å²) in [4.78, 5) is 6.36. The summed E-state index contributed by atoms with van der Waals surface area (Å²) in [6.07, 6.45) is 1.65. The van der Waals surface area contributed by atoms with E-state index in [1.165, 1.54) is 0 Å². The molecule has 0 radical (unpaired) electrons. The second-order valence-corrected chi connectivity index (χ2v) is 4.91. The first-order chi connectivity index (χ1) is 8.15. The van der Waals surface area contributed by atoms with E-state index in [2.05, 4.69) is 31.1 Å². The summed E-state index contributed by atoms with van der Waals surface area (Å²) in [5, 5.41) is 3.91. The second kappa shape index (κ2) is 7.87. The molecular formula is C11H17BrClN3O. The lowest BCUT2D eigenvalue weighted by atomic mass is 10.4. The van der Waals surface area contributed by atoms with Crippen molar-refractivity contribution in [2.45, 2.75) is 0 Å². The fourth-order valence-electron chi connectivity index (χ4n) is 1.34. The van der Waals surface area contributed by atoms with E-state index in [-0.39, 0.29) is 0 Å². The van der Waals surface area contributed by atoms with Crippen LogP contribution in [0.15, 0.2) is 16.7 Å². The molecule has 1 N–H and O–H groups in total. The number of anilines is 1. The van der Waals surface area contributed by atoms with Crippen molar-refractivity contribution in [3.8, 4) is 0 Å². The Bertz CT molecular complexity index is 351. The fourth-order valence-corrected chi connectivity index (χ4v) is 2.28. The second-order valence-electron chi connectivity index (χ2n) is 3.62. The highest BCUT2D eigenvalue weighted by Crippen LogP contribution is 2.25. The van der Waals surface area contributed by atoms with E-state index in [0.717, 1.165) is 36.5 Å². The van der Waals surface area contributed by atoms with Gasteiger partial charge in [0.05, 0.1) is 16.1 Å². The van der Waals surface area contributed by atoms with Crippen molar-refractivity contribution in [3.05, 3.63) is 21.8 Å². The SMILES string of the molecule is COCCNCCN(C)c1ncc(Cl)cc1Br. The molecular weight excluding hydrogens is 305 g/mol. The third-order valence-corrected chi connectivity index (χ3v) is 3.05. The van der Waals surface area contributed by atoms with Gasteiger partial charge < -0.3 is 15.0 Å². The molecule has 0 spiro atoms. The van der Waals surface area contributed by atoms with Gasteiger partial charge in [-0.05, 0) is 22.0 Å². The molecule has 4 nitrogen and oxygen atoms in total. The van der Waals surface area contributed by atoms with Crippen LogP contribution < -0.4 is 10.2 Å². The van der Waals surface area contributed by atoms with Crippen LogP contribution in [-0.2, 0) is 4.74 Å². The van der Waals surface area contributed by atoms with Crippen molar-refractivity contribution in [3.63, 3.8) is 0 Å². The first-order valence-corrected chi connectivity index (χ1v) is 6.54. The molecule has 0 saturated heterocycles. The number of aromatic nitrogens is 1. The standard InChI is InChI=1S/C11H17BrClN3O/c1-16(5-3-14-4-6-17-2)11-10(12)7-9(13)8-15-11/h7-8,14H,3-6H2,1-2H3. The van der Waals surface area contributed by atoms with E-state index in [1.807, 2.05) is 13.1 Å². The number of rotatable bonds is 7. The summed E-state index contributed by atoms with van der Waals surface area (Å²) < 4.78 is 5.86. The molecule has 0 bridgehead atoms.